The van der Waals surface area contributed by atoms with Gasteiger partial charge in [-0.15, -0.1) is 0 Å². The molecule has 7 heteroatoms. The van der Waals surface area contributed by atoms with Gasteiger partial charge in [0.05, 0.1) is 5.56 Å². The molecule has 1 aromatic carbocycles. The number of benzene rings is 1. The van der Waals surface area contributed by atoms with Gasteiger partial charge in [-0.05, 0) is 12.1 Å². The van der Waals surface area contributed by atoms with Crippen molar-refractivity contribution in [1.29, 1.82) is 0 Å². The van der Waals surface area contributed by atoms with Gasteiger partial charge < -0.3 is 14.9 Å². The molecule has 0 atom stereocenters. The van der Waals surface area contributed by atoms with Gasteiger partial charge in [-0.2, -0.15) is 13.8 Å². The molecule has 2 aromatic rings. The first-order valence-electron chi connectivity index (χ1n) is 4.22. The van der Waals surface area contributed by atoms with Crippen LogP contribution in [0, 0.1) is 0 Å². The van der Waals surface area contributed by atoms with Gasteiger partial charge >= 0.3 is 12.7 Å². The number of oxazole rings is 1. The van der Waals surface area contributed by atoms with E-state index in [9.17, 15) is 13.6 Å². The van der Waals surface area contributed by atoms with Gasteiger partial charge in [-0.3, -0.25) is 4.79 Å². The number of nitrogens with zero attached hydrogens (tertiary/aromatic N) is 1. The minimum absolute atomic E-state index is 0.0883. The van der Waals surface area contributed by atoms with Gasteiger partial charge in [0.25, 0.3) is 5.91 Å². The highest BCUT2D eigenvalue weighted by Crippen LogP contribution is 2.24. The van der Waals surface area contributed by atoms with Crippen LogP contribution in [0.15, 0.2) is 22.6 Å². The minimum Gasteiger partial charge on any atom is -0.409 e. The number of alkyl halides is 2. The standard InChI is InChI=1S/C9H6F2N2O3/c10-8(11)16-9-13-6-4(7(12)14)2-1-3-5(6)15-9/h1-3,8H,(H2,12,14). The van der Waals surface area contributed by atoms with Crippen molar-refractivity contribution in [1.82, 2.24) is 4.98 Å². The van der Waals surface area contributed by atoms with E-state index >= 15 is 0 Å². The predicted octanol–water partition coefficient (Wildman–Crippen LogP) is 1.53. The molecule has 0 unspecified atom stereocenters. The summed E-state index contributed by atoms with van der Waals surface area (Å²) >= 11 is 0. The van der Waals surface area contributed by atoms with Gasteiger partial charge in [0.15, 0.2) is 5.58 Å². The van der Waals surface area contributed by atoms with Crippen molar-refractivity contribution in [3.63, 3.8) is 0 Å². The van der Waals surface area contributed by atoms with Crippen molar-refractivity contribution in [2.24, 2.45) is 5.73 Å². The van der Waals surface area contributed by atoms with Crippen LogP contribution in [0.5, 0.6) is 6.08 Å². The van der Waals surface area contributed by atoms with E-state index in [-0.39, 0.29) is 16.7 Å². The third-order valence-corrected chi connectivity index (χ3v) is 1.85. The summed E-state index contributed by atoms with van der Waals surface area (Å²) in [6.45, 7) is -3.04. The molecule has 0 aliphatic carbocycles. The Labute approximate surface area is 87.8 Å². The van der Waals surface area contributed by atoms with Crippen LogP contribution >= 0.6 is 0 Å². The maximum Gasteiger partial charge on any atom is 0.399 e. The van der Waals surface area contributed by atoms with E-state index in [1.165, 1.54) is 18.2 Å². The average Bonchev–Trinajstić information content (AvgIpc) is 2.57. The number of para-hydroxylation sites is 1. The zero-order chi connectivity index (χ0) is 11.7. The maximum atomic E-state index is 11.9. The van der Waals surface area contributed by atoms with Crippen molar-refractivity contribution in [3.8, 4) is 6.08 Å². The minimum atomic E-state index is -3.04. The highest BCUT2D eigenvalue weighted by Gasteiger charge is 2.16. The van der Waals surface area contributed by atoms with Gasteiger partial charge in [-0.1, -0.05) is 6.07 Å². The molecule has 2 rings (SSSR count). The maximum absolute atomic E-state index is 11.9. The third kappa shape index (κ3) is 1.79. The number of ether oxygens (including phenoxy) is 1. The zero-order valence-electron chi connectivity index (χ0n) is 7.81. The van der Waals surface area contributed by atoms with Crippen LogP contribution in [0.25, 0.3) is 11.1 Å². The Balaban J connectivity index is 2.52. The molecular weight excluding hydrogens is 222 g/mol. The third-order valence-electron chi connectivity index (χ3n) is 1.85. The van der Waals surface area contributed by atoms with Crippen molar-refractivity contribution < 1.29 is 22.7 Å². The van der Waals surface area contributed by atoms with Gasteiger partial charge in [-0.25, -0.2) is 0 Å². The molecule has 0 aliphatic heterocycles. The average molecular weight is 228 g/mol. The highest BCUT2D eigenvalue weighted by molar-refractivity contribution is 6.03. The number of aromatic nitrogens is 1. The molecule has 0 saturated carbocycles. The van der Waals surface area contributed by atoms with Gasteiger partial charge in [0, 0.05) is 0 Å². The lowest BCUT2D eigenvalue weighted by atomic mass is 10.2. The van der Waals surface area contributed by atoms with E-state index in [0.29, 0.717) is 0 Å². The fourth-order valence-corrected chi connectivity index (χ4v) is 1.25. The Morgan fingerprint density at radius 3 is 2.88 bits per heavy atom. The largest absolute Gasteiger partial charge is 0.409 e. The predicted molar refractivity (Wildman–Crippen MR) is 49.2 cm³/mol. The first-order valence-corrected chi connectivity index (χ1v) is 4.22. The van der Waals surface area contributed by atoms with E-state index in [1.807, 2.05) is 0 Å². The Morgan fingerprint density at radius 2 is 2.25 bits per heavy atom. The molecule has 1 amide bonds. The molecule has 0 saturated heterocycles. The summed E-state index contributed by atoms with van der Waals surface area (Å²) in [5, 5.41) is 0. The van der Waals surface area contributed by atoms with Crippen LogP contribution in [0.4, 0.5) is 8.78 Å². The second-order valence-electron chi connectivity index (χ2n) is 2.87. The summed E-state index contributed by atoms with van der Waals surface area (Å²) in [7, 11) is 0. The molecule has 0 radical (unpaired) electrons. The molecule has 16 heavy (non-hydrogen) atoms. The fraction of sp³-hybridized carbons (Fsp3) is 0.111. The smallest absolute Gasteiger partial charge is 0.399 e. The van der Waals surface area contributed by atoms with E-state index in [2.05, 4.69) is 9.72 Å². The first-order chi connectivity index (χ1) is 7.58. The van der Waals surface area contributed by atoms with Crippen LogP contribution in [0.1, 0.15) is 10.4 Å². The lowest BCUT2D eigenvalue weighted by Gasteiger charge is -1.94. The summed E-state index contributed by atoms with van der Waals surface area (Å²) in [6, 6.07) is 4.38. The van der Waals surface area contributed by atoms with Gasteiger partial charge in [0.2, 0.25) is 0 Å². The number of rotatable bonds is 3. The number of hydrogen-bond donors (Lipinski definition) is 1. The Bertz CT molecular complexity index is 539. The Hall–Kier alpha value is -2.18. The molecule has 84 valence electrons. The normalized spacial score (nSPS) is 10.9. The monoisotopic (exact) mass is 228 g/mol. The lowest BCUT2D eigenvalue weighted by molar-refractivity contribution is -0.0664. The molecule has 1 aromatic heterocycles. The fourth-order valence-electron chi connectivity index (χ4n) is 1.25. The molecule has 0 spiro atoms. The van der Waals surface area contributed by atoms with Crippen LogP contribution in [0.2, 0.25) is 0 Å². The topological polar surface area (TPSA) is 78.4 Å². The SMILES string of the molecule is NC(=O)c1cccc2oc(OC(F)F)nc12. The first kappa shape index (κ1) is 10.3. The number of carbonyl (C=O) groups excluding carboxylic acids is 1. The summed E-state index contributed by atoms with van der Waals surface area (Å²) in [5.41, 5.74) is 5.43. The van der Waals surface area contributed by atoms with Crippen LogP contribution in [-0.2, 0) is 0 Å². The Kier molecular flexibility index (Phi) is 2.43. The molecule has 0 bridgehead atoms. The second kappa shape index (κ2) is 3.76. The summed E-state index contributed by atoms with van der Waals surface area (Å²) in [6.07, 6.45) is -0.598. The van der Waals surface area contributed by atoms with Gasteiger partial charge in [0.1, 0.15) is 5.52 Å². The molecule has 1 heterocycles. The van der Waals surface area contributed by atoms with Crippen molar-refractivity contribution in [2.75, 3.05) is 0 Å². The number of hydrogen-bond acceptors (Lipinski definition) is 4. The van der Waals surface area contributed by atoms with Crippen LogP contribution < -0.4 is 10.5 Å². The van der Waals surface area contributed by atoms with E-state index in [0.717, 1.165) is 0 Å². The zero-order valence-corrected chi connectivity index (χ0v) is 7.81. The Morgan fingerprint density at radius 1 is 1.50 bits per heavy atom. The summed E-state index contributed by atoms with van der Waals surface area (Å²) in [5.74, 6) is -0.720. The van der Waals surface area contributed by atoms with E-state index in [4.69, 9.17) is 10.2 Å². The quantitative estimate of drug-likeness (QED) is 0.863. The second-order valence-corrected chi connectivity index (χ2v) is 2.87. The number of primary amides is 1. The molecule has 2 N–H and O–H groups in total. The highest BCUT2D eigenvalue weighted by atomic mass is 19.3. The molecule has 0 fully saturated rings. The number of nitrogens with two attached hydrogens (primary N) is 1. The lowest BCUT2D eigenvalue weighted by Crippen LogP contribution is -2.11. The molecular formula is C9H6F2N2O3. The van der Waals surface area contributed by atoms with Crippen molar-refractivity contribution in [3.05, 3.63) is 23.8 Å². The number of fused-ring (bicyclic) bond motifs is 1. The number of amides is 1. The number of carbonyl (C=O) groups is 1. The van der Waals surface area contributed by atoms with E-state index < -0.39 is 18.6 Å². The van der Waals surface area contributed by atoms with Crippen molar-refractivity contribution in [2.45, 2.75) is 6.61 Å². The summed E-state index contributed by atoms with van der Waals surface area (Å²) < 4.78 is 32.6. The number of halogens is 2. The van der Waals surface area contributed by atoms with Crippen LogP contribution in [0.3, 0.4) is 0 Å². The molecule has 5 nitrogen and oxygen atoms in total. The van der Waals surface area contributed by atoms with Crippen molar-refractivity contribution >= 4 is 17.0 Å². The van der Waals surface area contributed by atoms with Crippen LogP contribution in [-0.4, -0.2) is 17.5 Å². The summed E-state index contributed by atoms with van der Waals surface area (Å²) in [4.78, 5) is 14.6. The van der Waals surface area contributed by atoms with E-state index in [1.54, 1.807) is 0 Å². The molecule has 0 aliphatic rings.